The number of halogens is 1. The highest BCUT2D eigenvalue weighted by atomic mass is 19.1. The summed E-state index contributed by atoms with van der Waals surface area (Å²) in [7, 11) is 0. The number of morpholine rings is 1. The molecule has 4 rings (SSSR count). The number of fused-ring (bicyclic) bond motifs is 1. The lowest BCUT2D eigenvalue weighted by Crippen LogP contribution is -2.38. The first-order valence-corrected chi connectivity index (χ1v) is 13.0. The van der Waals surface area contributed by atoms with Crippen molar-refractivity contribution in [2.24, 2.45) is 5.41 Å². The van der Waals surface area contributed by atoms with E-state index in [1.54, 1.807) is 30.3 Å². The van der Waals surface area contributed by atoms with Gasteiger partial charge in [0.2, 0.25) is 11.8 Å². The highest BCUT2D eigenvalue weighted by Crippen LogP contribution is 2.29. The molecular weight excluding hydrogens is 503 g/mol. The van der Waals surface area contributed by atoms with Crippen LogP contribution in [0.2, 0.25) is 0 Å². The number of aromatic nitrogens is 2. The molecule has 1 aliphatic heterocycles. The van der Waals surface area contributed by atoms with Crippen molar-refractivity contribution in [3.05, 3.63) is 48.5 Å². The summed E-state index contributed by atoms with van der Waals surface area (Å²) in [5.74, 6) is -0.515. The average molecular weight is 539 g/mol. The molecule has 208 valence electrons. The molecule has 3 N–H and O–H groups in total. The van der Waals surface area contributed by atoms with Crippen LogP contribution in [0, 0.1) is 11.2 Å². The van der Waals surface area contributed by atoms with Gasteiger partial charge in [-0.25, -0.2) is 14.4 Å². The summed E-state index contributed by atoms with van der Waals surface area (Å²) < 4.78 is 26.3. The Kier molecular flexibility index (Phi) is 9.26. The Balaban J connectivity index is 1.34. The Bertz CT molecular complexity index is 1290. The summed E-state index contributed by atoms with van der Waals surface area (Å²) in [4.78, 5) is 34.9. The van der Waals surface area contributed by atoms with E-state index in [2.05, 4.69) is 30.8 Å². The molecule has 1 fully saturated rings. The molecule has 39 heavy (non-hydrogen) atoms. The van der Waals surface area contributed by atoms with Crippen molar-refractivity contribution in [2.45, 2.75) is 27.2 Å². The summed E-state index contributed by atoms with van der Waals surface area (Å²) >= 11 is 0. The number of rotatable bonds is 10. The number of hydrogen-bond acceptors (Lipinski definition) is 8. The van der Waals surface area contributed by atoms with Crippen LogP contribution in [0.1, 0.15) is 27.2 Å². The van der Waals surface area contributed by atoms with Crippen LogP contribution in [0.25, 0.3) is 10.9 Å². The fourth-order valence-corrected chi connectivity index (χ4v) is 3.96. The number of carbonyl (C=O) groups excluding carboxylic acids is 2. The summed E-state index contributed by atoms with van der Waals surface area (Å²) in [6, 6.07) is 9.86. The average Bonchev–Trinajstić information content (AvgIpc) is 2.89. The molecule has 0 aliphatic carbocycles. The molecule has 11 heteroatoms. The minimum absolute atomic E-state index is 0.0634. The third-order valence-electron chi connectivity index (χ3n) is 6.01. The smallest absolute Gasteiger partial charge is 0.233 e. The number of anilines is 3. The molecule has 0 radical (unpaired) electrons. The maximum Gasteiger partial charge on any atom is 0.233 e. The number of ether oxygens (including phenoxy) is 2. The molecule has 2 aromatic carbocycles. The van der Waals surface area contributed by atoms with Crippen molar-refractivity contribution in [3.8, 4) is 5.75 Å². The van der Waals surface area contributed by atoms with E-state index in [1.807, 2.05) is 20.8 Å². The van der Waals surface area contributed by atoms with Gasteiger partial charge in [0.05, 0.1) is 24.1 Å². The van der Waals surface area contributed by atoms with Crippen LogP contribution in [0.5, 0.6) is 5.75 Å². The van der Waals surface area contributed by atoms with Gasteiger partial charge < -0.3 is 25.4 Å². The zero-order chi connectivity index (χ0) is 27.8. The maximum absolute atomic E-state index is 15.1. The predicted molar refractivity (Wildman–Crippen MR) is 148 cm³/mol. The minimum atomic E-state index is -0.495. The number of hydrogen-bond donors (Lipinski definition) is 3. The fourth-order valence-electron chi connectivity index (χ4n) is 3.96. The van der Waals surface area contributed by atoms with Crippen LogP contribution in [-0.2, 0) is 14.3 Å². The normalized spacial score (nSPS) is 14.2. The lowest BCUT2D eigenvalue weighted by Gasteiger charge is -2.26. The van der Waals surface area contributed by atoms with Crippen LogP contribution >= 0.6 is 0 Å². The first-order chi connectivity index (χ1) is 18.7. The predicted octanol–water partition coefficient (Wildman–Crippen LogP) is 3.71. The minimum Gasteiger partial charge on any atom is -0.492 e. The van der Waals surface area contributed by atoms with Gasteiger partial charge in [-0.3, -0.25) is 14.5 Å². The molecule has 3 aromatic rings. The van der Waals surface area contributed by atoms with Crippen LogP contribution in [0.4, 0.5) is 21.6 Å². The van der Waals surface area contributed by atoms with Gasteiger partial charge in [-0.2, -0.15) is 0 Å². The third kappa shape index (κ3) is 8.59. The van der Waals surface area contributed by atoms with E-state index in [1.165, 1.54) is 12.4 Å². The Morgan fingerprint density at radius 3 is 2.49 bits per heavy atom. The Hall–Kier alpha value is -3.83. The zero-order valence-electron chi connectivity index (χ0n) is 22.6. The van der Waals surface area contributed by atoms with Gasteiger partial charge in [0, 0.05) is 49.7 Å². The Morgan fingerprint density at radius 2 is 1.77 bits per heavy atom. The topological polar surface area (TPSA) is 118 Å². The first kappa shape index (κ1) is 28.2. The molecule has 1 aromatic heterocycles. The van der Waals surface area contributed by atoms with Crippen LogP contribution in [0.15, 0.2) is 42.7 Å². The number of benzene rings is 2. The zero-order valence-corrected chi connectivity index (χ0v) is 22.6. The second-order valence-corrected chi connectivity index (χ2v) is 10.6. The van der Waals surface area contributed by atoms with Crippen LogP contribution in [0.3, 0.4) is 0 Å². The maximum atomic E-state index is 15.1. The van der Waals surface area contributed by atoms with Gasteiger partial charge in [-0.1, -0.05) is 20.8 Å². The quantitative estimate of drug-likeness (QED) is 0.335. The molecule has 0 atom stereocenters. The molecular formula is C28H35FN6O4. The monoisotopic (exact) mass is 538 g/mol. The van der Waals surface area contributed by atoms with Crippen molar-refractivity contribution in [1.29, 1.82) is 0 Å². The number of nitrogens with zero attached hydrogens (tertiary/aromatic N) is 3. The van der Waals surface area contributed by atoms with E-state index in [4.69, 9.17) is 9.47 Å². The molecule has 2 heterocycles. The largest absolute Gasteiger partial charge is 0.492 e. The standard InChI is InChI=1S/C28H35FN6O4/c1-28(2,3)17-30-24(36)16-25(37)33-19-4-6-20(7-5-19)34-27-26-22(29)14-21(15-23(26)31-18-32-27)39-13-10-35-8-11-38-12-9-35/h4-7,14-15,18H,8-13,16-17H2,1-3H3,(H,30,36)(H,33,37)(H,31,32,34). The molecule has 2 amide bonds. The second kappa shape index (κ2) is 12.8. The van der Waals surface area contributed by atoms with Gasteiger partial charge >= 0.3 is 0 Å². The lowest BCUT2D eigenvalue weighted by atomic mass is 9.97. The van der Waals surface area contributed by atoms with E-state index >= 15 is 4.39 Å². The van der Waals surface area contributed by atoms with Crippen molar-refractivity contribution in [3.63, 3.8) is 0 Å². The Morgan fingerprint density at radius 1 is 1.05 bits per heavy atom. The molecule has 0 saturated carbocycles. The molecule has 0 spiro atoms. The highest BCUT2D eigenvalue weighted by Gasteiger charge is 2.16. The Labute approximate surface area is 227 Å². The summed E-state index contributed by atoms with van der Waals surface area (Å²) in [6.07, 6.45) is 1.10. The fraction of sp³-hybridized carbons (Fsp3) is 0.429. The van der Waals surface area contributed by atoms with Gasteiger partial charge in [-0.15, -0.1) is 0 Å². The van der Waals surface area contributed by atoms with Crippen LogP contribution in [-0.4, -0.2) is 72.7 Å². The SMILES string of the molecule is CC(C)(C)CNC(=O)CC(=O)Nc1ccc(Nc2ncnc3cc(OCCN4CCOCC4)cc(F)c23)cc1. The van der Waals surface area contributed by atoms with E-state index < -0.39 is 11.7 Å². The molecule has 10 nitrogen and oxygen atoms in total. The van der Waals surface area contributed by atoms with Gasteiger partial charge in [0.1, 0.15) is 36.7 Å². The number of carbonyl (C=O) groups is 2. The van der Waals surface area contributed by atoms with Crippen LogP contribution < -0.4 is 20.7 Å². The summed E-state index contributed by atoms with van der Waals surface area (Å²) in [6.45, 7) is 10.8. The number of amides is 2. The van der Waals surface area contributed by atoms with E-state index in [0.29, 0.717) is 54.8 Å². The molecule has 1 aliphatic rings. The van der Waals surface area contributed by atoms with E-state index in [0.717, 1.165) is 19.6 Å². The summed E-state index contributed by atoms with van der Waals surface area (Å²) in [5, 5.41) is 8.82. The van der Waals surface area contributed by atoms with Crippen molar-refractivity contribution < 1.29 is 23.5 Å². The third-order valence-corrected chi connectivity index (χ3v) is 6.01. The van der Waals surface area contributed by atoms with Crippen molar-refractivity contribution in [2.75, 3.05) is 56.6 Å². The summed E-state index contributed by atoms with van der Waals surface area (Å²) in [5.41, 5.74) is 1.53. The molecule has 1 saturated heterocycles. The van der Waals surface area contributed by atoms with Crippen molar-refractivity contribution >= 4 is 39.9 Å². The lowest BCUT2D eigenvalue weighted by molar-refractivity contribution is -0.127. The molecule has 0 unspecified atom stereocenters. The van der Waals surface area contributed by atoms with Crippen molar-refractivity contribution in [1.82, 2.24) is 20.2 Å². The highest BCUT2D eigenvalue weighted by molar-refractivity contribution is 6.03. The second-order valence-electron chi connectivity index (χ2n) is 10.6. The number of nitrogens with one attached hydrogen (secondary N) is 3. The van der Waals surface area contributed by atoms with Gasteiger partial charge in [0.15, 0.2) is 0 Å². The van der Waals surface area contributed by atoms with Gasteiger partial charge in [0.25, 0.3) is 0 Å². The van der Waals surface area contributed by atoms with Gasteiger partial charge in [-0.05, 0) is 29.7 Å². The molecule has 0 bridgehead atoms. The van der Waals surface area contributed by atoms with E-state index in [-0.39, 0.29) is 23.1 Å². The van der Waals surface area contributed by atoms with E-state index in [9.17, 15) is 9.59 Å². The first-order valence-electron chi connectivity index (χ1n) is 13.0.